The molecule has 4 rings (SSSR count). The lowest BCUT2D eigenvalue weighted by atomic mass is 10.1. The van der Waals surface area contributed by atoms with Gasteiger partial charge < -0.3 is 34.5 Å². The van der Waals surface area contributed by atoms with E-state index in [1.165, 1.54) is 33.5 Å². The molecule has 10 nitrogen and oxygen atoms in total. The van der Waals surface area contributed by atoms with E-state index in [0.29, 0.717) is 47.5 Å². The van der Waals surface area contributed by atoms with E-state index >= 15 is 0 Å². The molecule has 2 N–H and O–H groups in total. The highest BCUT2D eigenvalue weighted by Gasteiger charge is 2.31. The molecule has 1 aliphatic heterocycles. The summed E-state index contributed by atoms with van der Waals surface area (Å²) in [6, 6.07) is 8.00. The molecule has 0 fully saturated rings. The van der Waals surface area contributed by atoms with Crippen LogP contribution in [-0.2, 0) is 13.0 Å². The Morgan fingerprint density at radius 3 is 2.27 bits per heavy atom. The zero-order chi connectivity index (χ0) is 26.6. The highest BCUT2D eigenvalue weighted by Crippen LogP contribution is 2.40. The monoisotopic (exact) mass is 519 g/mol. The molecule has 0 saturated carbocycles. The zero-order valence-electron chi connectivity index (χ0n) is 20.2. The Morgan fingerprint density at radius 1 is 1.00 bits per heavy atom. The number of carbonyl (C=O) groups excluding carboxylic acids is 1. The molecule has 0 bridgehead atoms. The molecule has 0 spiro atoms. The molecule has 0 unspecified atom stereocenters. The average Bonchev–Trinajstić information content (AvgIpc) is 2.88. The summed E-state index contributed by atoms with van der Waals surface area (Å²) in [6.07, 6.45) is -2.64. The van der Waals surface area contributed by atoms with Crippen molar-refractivity contribution in [2.75, 3.05) is 38.5 Å². The predicted octanol–water partition coefficient (Wildman–Crippen LogP) is 4.73. The summed E-state index contributed by atoms with van der Waals surface area (Å²) < 4.78 is 56.8. The Hall–Kier alpha value is -4.42. The molecular weight excluding hydrogens is 495 g/mol. The van der Waals surface area contributed by atoms with Crippen LogP contribution in [0.15, 0.2) is 42.6 Å². The number of carbonyl (C=O) groups is 1. The first-order valence-electron chi connectivity index (χ1n) is 11.0. The van der Waals surface area contributed by atoms with Crippen LogP contribution in [0.5, 0.6) is 23.0 Å². The number of rotatable bonds is 7. The number of amides is 2. The van der Waals surface area contributed by atoms with E-state index in [-0.39, 0.29) is 12.3 Å². The highest BCUT2D eigenvalue weighted by atomic mass is 19.4. The summed E-state index contributed by atoms with van der Waals surface area (Å²) in [4.78, 5) is 23.2. The van der Waals surface area contributed by atoms with E-state index in [2.05, 4.69) is 25.3 Å². The molecular formula is C24H24F3N5O5. The number of alkyl halides is 3. The number of urea groups is 1. The third-order valence-corrected chi connectivity index (χ3v) is 5.48. The summed E-state index contributed by atoms with van der Waals surface area (Å²) in [5, 5.41) is 5.80. The van der Waals surface area contributed by atoms with E-state index in [4.69, 9.17) is 14.2 Å². The van der Waals surface area contributed by atoms with Crippen molar-refractivity contribution >= 4 is 23.4 Å². The van der Waals surface area contributed by atoms with Crippen molar-refractivity contribution in [3.8, 4) is 23.0 Å². The minimum atomic E-state index is -4.78. The smallest absolute Gasteiger partial charge is 0.493 e. The van der Waals surface area contributed by atoms with E-state index in [9.17, 15) is 18.0 Å². The topological polar surface area (TPSA) is 107 Å². The molecule has 1 aliphatic rings. The van der Waals surface area contributed by atoms with Crippen LogP contribution < -0.4 is 29.6 Å². The first kappa shape index (κ1) is 25.7. The Balaban J connectivity index is 1.40. The fourth-order valence-electron chi connectivity index (χ4n) is 3.77. The summed E-state index contributed by atoms with van der Waals surface area (Å²) in [7, 11) is 4.57. The van der Waals surface area contributed by atoms with Crippen LogP contribution in [0.25, 0.3) is 0 Å². The summed E-state index contributed by atoms with van der Waals surface area (Å²) in [5.41, 5.74) is 2.55. The number of ether oxygens (including phenoxy) is 4. The fraction of sp³-hybridized carbons (Fsp3) is 0.292. The van der Waals surface area contributed by atoms with Crippen molar-refractivity contribution in [3.63, 3.8) is 0 Å². The number of benzene rings is 2. The van der Waals surface area contributed by atoms with Crippen LogP contribution in [0.3, 0.4) is 0 Å². The number of halogens is 3. The second-order valence-electron chi connectivity index (χ2n) is 7.88. The van der Waals surface area contributed by atoms with Crippen LogP contribution in [0, 0.1) is 0 Å². The quantitative estimate of drug-likeness (QED) is 0.461. The Kier molecular flexibility index (Phi) is 7.41. The van der Waals surface area contributed by atoms with Gasteiger partial charge in [-0.1, -0.05) is 0 Å². The van der Waals surface area contributed by atoms with E-state index in [1.54, 1.807) is 23.2 Å². The Bertz CT molecular complexity index is 1250. The van der Waals surface area contributed by atoms with Crippen molar-refractivity contribution in [1.29, 1.82) is 0 Å². The maximum absolute atomic E-state index is 12.7. The van der Waals surface area contributed by atoms with Crippen LogP contribution in [-0.4, -0.2) is 55.1 Å². The van der Waals surface area contributed by atoms with Gasteiger partial charge in [-0.2, -0.15) is 0 Å². The van der Waals surface area contributed by atoms with Crippen LogP contribution in [0.1, 0.15) is 11.3 Å². The molecule has 196 valence electrons. The number of methoxy groups -OCH3 is 3. The van der Waals surface area contributed by atoms with Gasteiger partial charge in [-0.15, -0.1) is 13.2 Å². The maximum atomic E-state index is 12.7. The molecule has 37 heavy (non-hydrogen) atoms. The number of aromatic nitrogens is 2. The highest BCUT2D eigenvalue weighted by molar-refractivity contribution is 5.89. The number of nitrogens with one attached hydrogen (secondary N) is 2. The second kappa shape index (κ2) is 10.7. The molecule has 0 atom stereocenters. The molecule has 3 aromatic rings. The third-order valence-electron chi connectivity index (χ3n) is 5.48. The van der Waals surface area contributed by atoms with Gasteiger partial charge in [-0.05, 0) is 24.3 Å². The van der Waals surface area contributed by atoms with E-state index in [0.717, 1.165) is 23.4 Å². The molecule has 0 aliphatic carbocycles. The maximum Gasteiger partial charge on any atom is 0.573 e. The van der Waals surface area contributed by atoms with Gasteiger partial charge in [-0.3, -0.25) is 0 Å². The SMILES string of the molecule is COc1cc(Nc2ncc3c(n2)CCN(C(=O)Nc2ccc(OC(F)(F)F)cc2)C3)cc(OC)c1OC. The lowest BCUT2D eigenvalue weighted by Gasteiger charge is -2.28. The molecule has 13 heteroatoms. The average molecular weight is 519 g/mol. The molecule has 2 amide bonds. The molecule has 2 aromatic carbocycles. The van der Waals surface area contributed by atoms with Gasteiger partial charge in [-0.25, -0.2) is 14.8 Å². The van der Waals surface area contributed by atoms with Crippen molar-refractivity contribution in [2.24, 2.45) is 0 Å². The summed E-state index contributed by atoms with van der Waals surface area (Å²) in [6.45, 7) is 0.676. The lowest BCUT2D eigenvalue weighted by molar-refractivity contribution is -0.274. The Labute approximate surface area is 210 Å². The molecule has 2 heterocycles. The van der Waals surface area contributed by atoms with Gasteiger partial charge >= 0.3 is 12.4 Å². The van der Waals surface area contributed by atoms with Crippen molar-refractivity contribution in [2.45, 2.75) is 19.3 Å². The number of fused-ring (bicyclic) bond motifs is 1. The molecule has 0 saturated heterocycles. The van der Waals surface area contributed by atoms with Gasteiger partial charge in [0.05, 0.1) is 33.6 Å². The van der Waals surface area contributed by atoms with Crippen LogP contribution in [0.4, 0.5) is 35.3 Å². The second-order valence-corrected chi connectivity index (χ2v) is 7.88. The summed E-state index contributed by atoms with van der Waals surface area (Å²) >= 11 is 0. The summed E-state index contributed by atoms with van der Waals surface area (Å²) in [5.74, 6) is 1.42. The largest absolute Gasteiger partial charge is 0.573 e. The first-order valence-corrected chi connectivity index (χ1v) is 11.0. The van der Waals surface area contributed by atoms with Crippen molar-refractivity contribution in [1.82, 2.24) is 14.9 Å². The number of anilines is 3. The van der Waals surface area contributed by atoms with Gasteiger partial charge in [0.25, 0.3) is 0 Å². The van der Waals surface area contributed by atoms with E-state index < -0.39 is 12.4 Å². The molecule has 0 radical (unpaired) electrons. The number of nitrogens with zero attached hydrogens (tertiary/aromatic N) is 3. The minimum absolute atomic E-state index is 0.279. The molecule has 1 aromatic heterocycles. The van der Waals surface area contributed by atoms with Gasteiger partial charge in [0, 0.05) is 48.2 Å². The van der Waals surface area contributed by atoms with Crippen molar-refractivity contribution in [3.05, 3.63) is 53.9 Å². The zero-order valence-corrected chi connectivity index (χ0v) is 20.2. The van der Waals surface area contributed by atoms with E-state index in [1.807, 2.05) is 0 Å². The van der Waals surface area contributed by atoms with Crippen LogP contribution in [0.2, 0.25) is 0 Å². The lowest BCUT2D eigenvalue weighted by Crippen LogP contribution is -2.39. The number of hydrogen-bond donors (Lipinski definition) is 2. The fourth-order valence-corrected chi connectivity index (χ4v) is 3.77. The minimum Gasteiger partial charge on any atom is -0.493 e. The van der Waals surface area contributed by atoms with Gasteiger partial charge in [0.15, 0.2) is 11.5 Å². The normalized spacial score (nSPS) is 12.9. The predicted molar refractivity (Wildman–Crippen MR) is 128 cm³/mol. The first-order chi connectivity index (χ1) is 17.7. The third kappa shape index (κ3) is 6.23. The standard InChI is InChI=1S/C24H24F3N5O5/c1-34-19-10-16(11-20(35-2)21(19)36-3)29-22-28-12-14-13-32(9-8-18(14)31-22)23(33)30-15-4-6-17(7-5-15)37-24(25,26)27/h4-7,10-12H,8-9,13H2,1-3H3,(H,30,33)(H,28,29,31). The van der Waals surface area contributed by atoms with Gasteiger partial charge in [0.2, 0.25) is 11.7 Å². The van der Waals surface area contributed by atoms with Gasteiger partial charge in [0.1, 0.15) is 5.75 Å². The Morgan fingerprint density at radius 2 is 1.68 bits per heavy atom. The van der Waals surface area contributed by atoms with Crippen LogP contribution >= 0.6 is 0 Å². The van der Waals surface area contributed by atoms with Crippen molar-refractivity contribution < 1.29 is 36.9 Å². The number of hydrogen-bond acceptors (Lipinski definition) is 8.